The molecule has 6 heteroatoms. The van der Waals surface area contributed by atoms with E-state index in [-0.39, 0.29) is 17.3 Å². The number of rotatable bonds is 5. The molecule has 2 heterocycles. The molecule has 166 valence electrons. The van der Waals surface area contributed by atoms with E-state index in [1.165, 1.54) is 32.1 Å². The van der Waals surface area contributed by atoms with Crippen molar-refractivity contribution in [3.8, 4) is 11.5 Å². The normalized spacial score (nSPS) is 26.7. The standard InChI is InChI=1S/C25H31NO4S/c1-25-14-15-26(20-10-6-3-7-11-20)17-24(25)29-23-13-12-21(16-22(23)25)30-31(27,28)18-19-8-4-2-5-9-19/h2,4-5,8-9,12-13,16,20,24H,3,6-7,10-11,14-15,17-18H2,1H3. The Morgan fingerprint density at radius 1 is 1.10 bits per heavy atom. The van der Waals surface area contributed by atoms with Gasteiger partial charge in [-0.1, -0.05) is 56.5 Å². The van der Waals surface area contributed by atoms with E-state index in [4.69, 9.17) is 8.92 Å². The van der Waals surface area contributed by atoms with E-state index in [1.807, 2.05) is 30.3 Å². The van der Waals surface area contributed by atoms with Gasteiger partial charge >= 0.3 is 10.1 Å². The van der Waals surface area contributed by atoms with E-state index >= 15 is 0 Å². The van der Waals surface area contributed by atoms with Crippen molar-refractivity contribution in [3.05, 3.63) is 59.7 Å². The SMILES string of the molecule is CC12CCN(C3CCCCC3)CC1Oc1ccc(OS(=O)(=O)Cc3ccccc3)cc12. The second-order valence-electron chi connectivity index (χ2n) is 9.49. The van der Waals surface area contributed by atoms with E-state index in [1.54, 1.807) is 18.2 Å². The molecule has 0 N–H and O–H groups in total. The minimum absolute atomic E-state index is 0.106. The van der Waals surface area contributed by atoms with Gasteiger partial charge in [0, 0.05) is 23.6 Å². The zero-order valence-electron chi connectivity index (χ0n) is 18.1. The van der Waals surface area contributed by atoms with Crippen LogP contribution in [-0.4, -0.2) is 38.6 Å². The van der Waals surface area contributed by atoms with Crippen LogP contribution in [0.3, 0.4) is 0 Å². The molecule has 3 aliphatic rings. The van der Waals surface area contributed by atoms with Crippen molar-refractivity contribution < 1.29 is 17.3 Å². The molecule has 5 nitrogen and oxygen atoms in total. The Kier molecular flexibility index (Phi) is 5.47. The largest absolute Gasteiger partial charge is 0.488 e. The molecule has 0 amide bonds. The molecule has 2 fully saturated rings. The molecular formula is C25H31NO4S. The molecule has 0 bridgehead atoms. The molecule has 2 aromatic rings. The smallest absolute Gasteiger partial charge is 0.313 e. The summed E-state index contributed by atoms with van der Waals surface area (Å²) in [6.07, 6.45) is 7.76. The van der Waals surface area contributed by atoms with Crippen molar-refractivity contribution >= 4 is 10.1 Å². The summed E-state index contributed by atoms with van der Waals surface area (Å²) in [5.74, 6) is 1.10. The summed E-state index contributed by atoms with van der Waals surface area (Å²) in [6, 6.07) is 15.3. The fourth-order valence-corrected chi connectivity index (χ4v) is 6.57. The molecule has 0 spiro atoms. The Labute approximate surface area is 185 Å². The van der Waals surface area contributed by atoms with Crippen LogP contribution in [0.5, 0.6) is 11.5 Å². The number of hydrogen-bond acceptors (Lipinski definition) is 5. The second kappa shape index (κ2) is 8.14. The van der Waals surface area contributed by atoms with E-state index in [2.05, 4.69) is 11.8 Å². The fourth-order valence-electron chi connectivity index (χ4n) is 5.51. The molecule has 2 atom stereocenters. The summed E-state index contributed by atoms with van der Waals surface area (Å²) >= 11 is 0. The van der Waals surface area contributed by atoms with Gasteiger partial charge in [-0.2, -0.15) is 8.42 Å². The summed E-state index contributed by atoms with van der Waals surface area (Å²) in [4.78, 5) is 2.62. The Morgan fingerprint density at radius 3 is 2.65 bits per heavy atom. The number of ether oxygens (including phenoxy) is 1. The van der Waals surface area contributed by atoms with Gasteiger partial charge in [-0.05, 0) is 49.6 Å². The maximum absolute atomic E-state index is 12.6. The molecule has 5 rings (SSSR count). The molecule has 31 heavy (non-hydrogen) atoms. The van der Waals surface area contributed by atoms with Crippen molar-refractivity contribution in [2.45, 2.75) is 68.8 Å². The lowest BCUT2D eigenvalue weighted by Crippen LogP contribution is -2.54. The fraction of sp³-hybridized carbons (Fsp3) is 0.520. The van der Waals surface area contributed by atoms with Gasteiger partial charge in [0.1, 0.15) is 23.4 Å². The Balaban J connectivity index is 1.32. The molecule has 0 aromatic heterocycles. The average Bonchev–Trinajstić information content (AvgIpc) is 3.05. The van der Waals surface area contributed by atoms with Crippen molar-refractivity contribution in [3.63, 3.8) is 0 Å². The minimum atomic E-state index is -3.73. The average molecular weight is 442 g/mol. The van der Waals surface area contributed by atoms with Gasteiger partial charge in [0.2, 0.25) is 0 Å². The van der Waals surface area contributed by atoms with Crippen LogP contribution in [0.15, 0.2) is 48.5 Å². The molecule has 0 radical (unpaired) electrons. The molecule has 2 aromatic carbocycles. The highest BCUT2D eigenvalue weighted by molar-refractivity contribution is 7.86. The van der Waals surface area contributed by atoms with Crippen LogP contribution < -0.4 is 8.92 Å². The Bertz CT molecular complexity index is 1030. The quantitative estimate of drug-likeness (QED) is 0.632. The van der Waals surface area contributed by atoms with Crippen LogP contribution >= 0.6 is 0 Å². The summed E-state index contributed by atoms with van der Waals surface area (Å²) in [5.41, 5.74) is 1.69. The van der Waals surface area contributed by atoms with Gasteiger partial charge < -0.3 is 8.92 Å². The van der Waals surface area contributed by atoms with Crippen LogP contribution in [0.1, 0.15) is 56.6 Å². The van der Waals surface area contributed by atoms with Crippen LogP contribution in [0, 0.1) is 0 Å². The molecule has 1 saturated heterocycles. The zero-order chi connectivity index (χ0) is 21.5. The van der Waals surface area contributed by atoms with E-state index in [0.29, 0.717) is 17.4 Å². The number of likely N-dealkylation sites (tertiary alicyclic amines) is 1. The highest BCUT2D eigenvalue weighted by Crippen LogP contribution is 2.49. The lowest BCUT2D eigenvalue weighted by Gasteiger charge is -2.45. The summed E-state index contributed by atoms with van der Waals surface area (Å²) in [7, 11) is -3.73. The number of fused-ring (bicyclic) bond motifs is 3. The Hall–Kier alpha value is -2.05. The third kappa shape index (κ3) is 4.20. The van der Waals surface area contributed by atoms with Crippen molar-refractivity contribution in [2.24, 2.45) is 0 Å². The van der Waals surface area contributed by atoms with Gasteiger partial charge in [0.05, 0.1) is 0 Å². The summed E-state index contributed by atoms with van der Waals surface area (Å²) in [6.45, 7) is 4.26. The second-order valence-corrected chi connectivity index (χ2v) is 11.1. The maximum atomic E-state index is 12.6. The van der Waals surface area contributed by atoms with E-state index < -0.39 is 10.1 Å². The number of benzene rings is 2. The molecule has 1 saturated carbocycles. The first-order valence-corrected chi connectivity index (χ1v) is 13.0. The molecule has 2 unspecified atom stereocenters. The third-order valence-electron chi connectivity index (χ3n) is 7.37. The predicted octanol–water partition coefficient (Wildman–Crippen LogP) is 4.65. The highest BCUT2D eigenvalue weighted by Gasteiger charge is 2.49. The van der Waals surface area contributed by atoms with Crippen LogP contribution in [0.4, 0.5) is 0 Å². The highest BCUT2D eigenvalue weighted by atomic mass is 32.2. The monoisotopic (exact) mass is 441 g/mol. The van der Waals surface area contributed by atoms with Gasteiger partial charge in [0.15, 0.2) is 0 Å². The van der Waals surface area contributed by atoms with Gasteiger partial charge in [-0.25, -0.2) is 0 Å². The van der Waals surface area contributed by atoms with Gasteiger partial charge in [0.25, 0.3) is 0 Å². The Morgan fingerprint density at radius 2 is 1.87 bits per heavy atom. The maximum Gasteiger partial charge on any atom is 0.313 e. The lowest BCUT2D eigenvalue weighted by atomic mass is 9.73. The lowest BCUT2D eigenvalue weighted by molar-refractivity contribution is 0.0191. The molecule has 2 aliphatic heterocycles. The molecule has 1 aliphatic carbocycles. The zero-order valence-corrected chi connectivity index (χ0v) is 18.9. The molecular weight excluding hydrogens is 410 g/mol. The van der Waals surface area contributed by atoms with Gasteiger partial charge in [-0.3, -0.25) is 4.90 Å². The first kappa shape index (κ1) is 20.8. The van der Waals surface area contributed by atoms with E-state index in [0.717, 1.165) is 30.8 Å². The summed E-state index contributed by atoms with van der Waals surface area (Å²) < 4.78 is 37.0. The third-order valence-corrected chi connectivity index (χ3v) is 8.50. The topological polar surface area (TPSA) is 55.8 Å². The first-order valence-electron chi connectivity index (χ1n) is 11.4. The number of hydrogen-bond donors (Lipinski definition) is 0. The van der Waals surface area contributed by atoms with E-state index in [9.17, 15) is 8.42 Å². The number of piperidine rings is 1. The van der Waals surface area contributed by atoms with Gasteiger partial charge in [-0.15, -0.1) is 0 Å². The minimum Gasteiger partial charge on any atom is -0.488 e. The van der Waals surface area contributed by atoms with Crippen LogP contribution in [-0.2, 0) is 21.3 Å². The first-order chi connectivity index (χ1) is 14.9. The van der Waals surface area contributed by atoms with Crippen molar-refractivity contribution in [1.82, 2.24) is 4.90 Å². The summed E-state index contributed by atoms with van der Waals surface area (Å²) in [5, 5.41) is 0. The van der Waals surface area contributed by atoms with Crippen molar-refractivity contribution in [1.29, 1.82) is 0 Å². The van der Waals surface area contributed by atoms with Crippen molar-refractivity contribution in [2.75, 3.05) is 13.1 Å². The predicted molar refractivity (Wildman–Crippen MR) is 121 cm³/mol. The van der Waals surface area contributed by atoms with Crippen LogP contribution in [0.2, 0.25) is 0 Å². The number of nitrogens with zero attached hydrogens (tertiary/aromatic N) is 1. The van der Waals surface area contributed by atoms with Crippen LogP contribution in [0.25, 0.3) is 0 Å².